The predicted molar refractivity (Wildman–Crippen MR) is 117 cm³/mol. The topological polar surface area (TPSA) is 55.6 Å². The second-order valence-corrected chi connectivity index (χ2v) is 7.80. The summed E-state index contributed by atoms with van der Waals surface area (Å²) in [4.78, 5) is 19.0. The summed E-state index contributed by atoms with van der Waals surface area (Å²) >= 11 is 3.66. The highest BCUT2D eigenvalue weighted by Crippen LogP contribution is 2.43. The van der Waals surface area contributed by atoms with Gasteiger partial charge in [-0.3, -0.25) is 4.79 Å². The van der Waals surface area contributed by atoms with Gasteiger partial charge in [0.15, 0.2) is 12.2 Å². The normalized spacial score (nSPS) is 14.0. The Labute approximate surface area is 182 Å². The van der Waals surface area contributed by atoms with Crippen LogP contribution in [0.2, 0.25) is 0 Å². The second-order valence-electron chi connectivity index (χ2n) is 7.01. The maximum atomic E-state index is 14.1. The number of nitrogens with zero attached hydrogens (tertiary/aromatic N) is 2. The van der Waals surface area contributed by atoms with Crippen molar-refractivity contribution in [3.63, 3.8) is 0 Å². The number of aryl methyl sites for hydroxylation is 1. The number of amides is 1. The maximum Gasteiger partial charge on any atom is 0.231 e. The molecule has 0 unspecified atom stereocenters. The highest BCUT2D eigenvalue weighted by atomic mass is 79.9. The zero-order valence-electron chi connectivity index (χ0n) is 16.6. The molecule has 5 nitrogen and oxygen atoms in total. The van der Waals surface area contributed by atoms with Gasteiger partial charge < -0.3 is 14.1 Å². The lowest BCUT2D eigenvalue weighted by Gasteiger charge is -2.24. The molecule has 0 bridgehead atoms. The number of halogens is 2. The third-order valence-corrected chi connectivity index (χ3v) is 5.91. The Balaban J connectivity index is 1.82. The van der Waals surface area contributed by atoms with Gasteiger partial charge in [0, 0.05) is 21.7 Å². The molecule has 4 rings (SSSR count). The van der Waals surface area contributed by atoms with Crippen LogP contribution < -0.4 is 9.64 Å². The summed E-state index contributed by atoms with van der Waals surface area (Å²) in [6.07, 6.45) is 3.04. The first kappa shape index (κ1) is 20.3. The minimum Gasteiger partial charge on any atom is -0.494 e. The Hall–Kier alpha value is -2.93. The van der Waals surface area contributed by atoms with Crippen molar-refractivity contribution in [2.24, 2.45) is 0 Å². The van der Waals surface area contributed by atoms with Crippen molar-refractivity contribution < 1.29 is 18.3 Å². The standard InChI is InChI=1S/C23H20BrFN2O3/c1-3-29-16-6-7-17-20(9-16)27(12-15-5-4-14(2)19(25)8-15)22(28)10-18(23(17)24)21-11-26-13-30-21/h4-9,11,13H,3,10,12H2,1-2H3. The van der Waals surface area contributed by atoms with Gasteiger partial charge in [-0.1, -0.05) is 12.1 Å². The van der Waals surface area contributed by atoms with Crippen molar-refractivity contribution in [1.29, 1.82) is 0 Å². The largest absolute Gasteiger partial charge is 0.494 e. The first-order valence-electron chi connectivity index (χ1n) is 9.58. The SMILES string of the molecule is CCOc1ccc2c(c1)N(Cc1ccc(C)c(F)c1)C(=O)CC(c1cnco1)=C2Br. The van der Waals surface area contributed by atoms with E-state index in [4.69, 9.17) is 9.15 Å². The molecule has 0 atom stereocenters. The lowest BCUT2D eigenvalue weighted by atomic mass is 10.1. The van der Waals surface area contributed by atoms with Gasteiger partial charge in [0.25, 0.3) is 0 Å². The highest BCUT2D eigenvalue weighted by molar-refractivity contribution is 9.15. The quantitative estimate of drug-likeness (QED) is 0.478. The minimum absolute atomic E-state index is 0.114. The molecule has 3 aromatic rings. The van der Waals surface area contributed by atoms with E-state index in [9.17, 15) is 9.18 Å². The Kier molecular flexibility index (Phi) is 5.72. The van der Waals surface area contributed by atoms with Gasteiger partial charge in [0.1, 0.15) is 11.6 Å². The van der Waals surface area contributed by atoms with E-state index in [2.05, 4.69) is 20.9 Å². The van der Waals surface area contributed by atoms with Crippen molar-refractivity contribution in [2.75, 3.05) is 11.5 Å². The molecule has 0 fully saturated rings. The summed E-state index contributed by atoms with van der Waals surface area (Å²) in [6, 6.07) is 10.6. The van der Waals surface area contributed by atoms with Gasteiger partial charge in [-0.15, -0.1) is 0 Å². The zero-order chi connectivity index (χ0) is 21.3. The lowest BCUT2D eigenvalue weighted by Crippen LogP contribution is -2.30. The molecule has 0 saturated carbocycles. The first-order chi connectivity index (χ1) is 14.5. The van der Waals surface area contributed by atoms with E-state index >= 15 is 0 Å². The van der Waals surface area contributed by atoms with Gasteiger partial charge in [0.05, 0.1) is 31.5 Å². The number of anilines is 1. The van der Waals surface area contributed by atoms with Gasteiger partial charge >= 0.3 is 0 Å². The number of benzene rings is 2. The van der Waals surface area contributed by atoms with Crippen LogP contribution in [-0.2, 0) is 11.3 Å². The van der Waals surface area contributed by atoms with Crippen LogP contribution in [-0.4, -0.2) is 17.5 Å². The molecule has 30 heavy (non-hydrogen) atoms. The van der Waals surface area contributed by atoms with Crippen molar-refractivity contribution >= 4 is 37.6 Å². The number of ether oxygens (including phenoxy) is 1. The fourth-order valence-electron chi connectivity index (χ4n) is 3.45. The number of aromatic nitrogens is 1. The number of fused-ring (bicyclic) bond motifs is 1. The van der Waals surface area contributed by atoms with Crippen LogP contribution in [0.25, 0.3) is 10.1 Å². The van der Waals surface area contributed by atoms with Gasteiger partial charge in [-0.05, 0) is 59.1 Å². The average molecular weight is 471 g/mol. The molecule has 2 aromatic carbocycles. The Morgan fingerprint density at radius 1 is 1.27 bits per heavy atom. The summed E-state index contributed by atoms with van der Waals surface area (Å²) in [5, 5.41) is 0. The minimum atomic E-state index is -0.292. The summed E-state index contributed by atoms with van der Waals surface area (Å²) in [7, 11) is 0. The fourth-order valence-corrected chi connectivity index (χ4v) is 4.12. The van der Waals surface area contributed by atoms with E-state index in [1.54, 1.807) is 24.1 Å². The number of hydrogen-bond acceptors (Lipinski definition) is 4. The molecule has 1 aliphatic rings. The molecule has 7 heteroatoms. The fraction of sp³-hybridized carbons (Fsp3) is 0.217. The molecule has 1 amide bonds. The molecule has 1 aliphatic heterocycles. The Bertz CT molecular complexity index is 1130. The molecule has 0 spiro atoms. The third kappa shape index (κ3) is 3.89. The van der Waals surface area contributed by atoms with E-state index in [0.717, 1.165) is 10.0 Å². The van der Waals surface area contributed by atoms with E-state index in [0.29, 0.717) is 40.5 Å². The van der Waals surface area contributed by atoms with Crippen LogP contribution in [0.1, 0.15) is 35.8 Å². The van der Waals surface area contributed by atoms with Crippen LogP contribution in [0.3, 0.4) is 0 Å². The molecule has 1 aromatic heterocycles. The monoisotopic (exact) mass is 470 g/mol. The summed E-state index contributed by atoms with van der Waals surface area (Å²) in [6.45, 7) is 4.37. The molecule has 0 aliphatic carbocycles. The van der Waals surface area contributed by atoms with Crippen LogP contribution >= 0.6 is 15.9 Å². The van der Waals surface area contributed by atoms with Crippen molar-refractivity contribution in [3.05, 3.63) is 77.3 Å². The van der Waals surface area contributed by atoms with Gasteiger partial charge in [-0.25, -0.2) is 9.37 Å². The summed E-state index contributed by atoms with van der Waals surface area (Å²) in [5.74, 6) is 0.761. The van der Waals surface area contributed by atoms with Crippen LogP contribution in [0.15, 0.2) is 53.4 Å². The van der Waals surface area contributed by atoms with E-state index < -0.39 is 0 Å². The Morgan fingerprint density at radius 3 is 2.80 bits per heavy atom. The van der Waals surface area contributed by atoms with E-state index in [1.807, 2.05) is 31.2 Å². The molecule has 0 radical (unpaired) electrons. The zero-order valence-corrected chi connectivity index (χ0v) is 18.2. The average Bonchev–Trinajstić information content (AvgIpc) is 3.24. The van der Waals surface area contributed by atoms with Crippen LogP contribution in [0.5, 0.6) is 5.75 Å². The van der Waals surface area contributed by atoms with Crippen molar-refractivity contribution in [2.45, 2.75) is 26.8 Å². The van der Waals surface area contributed by atoms with E-state index in [1.165, 1.54) is 12.5 Å². The maximum absolute atomic E-state index is 14.1. The Morgan fingerprint density at radius 2 is 2.10 bits per heavy atom. The van der Waals surface area contributed by atoms with Gasteiger partial charge in [-0.2, -0.15) is 0 Å². The first-order valence-corrected chi connectivity index (χ1v) is 10.4. The summed E-state index contributed by atoms with van der Waals surface area (Å²) in [5.41, 5.74) is 3.49. The molecular weight excluding hydrogens is 451 g/mol. The van der Waals surface area contributed by atoms with Crippen molar-refractivity contribution in [1.82, 2.24) is 4.98 Å². The molecular formula is C23H20BrFN2O3. The number of carbonyl (C=O) groups is 1. The van der Waals surface area contributed by atoms with Crippen LogP contribution in [0, 0.1) is 12.7 Å². The number of oxazole rings is 1. The summed E-state index contributed by atoms with van der Waals surface area (Å²) < 4.78 is 26.0. The highest BCUT2D eigenvalue weighted by Gasteiger charge is 2.29. The predicted octanol–water partition coefficient (Wildman–Crippen LogP) is 5.72. The third-order valence-electron chi connectivity index (χ3n) is 5.01. The smallest absolute Gasteiger partial charge is 0.231 e. The molecule has 0 N–H and O–H groups in total. The van der Waals surface area contributed by atoms with Gasteiger partial charge in [0.2, 0.25) is 5.91 Å². The number of hydrogen-bond donors (Lipinski definition) is 0. The number of rotatable bonds is 5. The molecule has 154 valence electrons. The second kappa shape index (κ2) is 8.44. The van der Waals surface area contributed by atoms with Crippen molar-refractivity contribution in [3.8, 4) is 5.75 Å². The molecule has 2 heterocycles. The lowest BCUT2D eigenvalue weighted by molar-refractivity contribution is -0.117. The van der Waals surface area contributed by atoms with E-state index in [-0.39, 0.29) is 24.7 Å². The molecule has 0 saturated heterocycles. The van der Waals surface area contributed by atoms with Crippen LogP contribution in [0.4, 0.5) is 10.1 Å². The number of carbonyl (C=O) groups excluding carboxylic acids is 1.